The number of hydrogen-bond acceptors (Lipinski definition) is 6. The van der Waals surface area contributed by atoms with Crippen LogP contribution >= 0.6 is 22.7 Å². The molecule has 3 atom stereocenters. The third kappa shape index (κ3) is 4.90. The van der Waals surface area contributed by atoms with Gasteiger partial charge >= 0.3 is 0 Å². The van der Waals surface area contributed by atoms with Crippen molar-refractivity contribution < 1.29 is 4.42 Å². The predicted octanol–water partition coefficient (Wildman–Crippen LogP) is 11.8. The highest BCUT2D eigenvalue weighted by Crippen LogP contribution is 2.43. The molecule has 3 aliphatic rings. The first-order chi connectivity index (χ1) is 25.2. The lowest BCUT2D eigenvalue weighted by molar-refractivity contribution is 0.204. The molecule has 0 spiro atoms. The molecule has 4 heterocycles. The van der Waals surface area contributed by atoms with E-state index in [2.05, 4.69) is 143 Å². The van der Waals surface area contributed by atoms with Crippen LogP contribution in [0.5, 0.6) is 0 Å². The number of allylic oxidation sites excluding steroid dienone is 2. The summed E-state index contributed by atoms with van der Waals surface area (Å²) in [4.78, 5) is 2.81. The first-order valence-corrected chi connectivity index (χ1v) is 19.6. The van der Waals surface area contributed by atoms with Crippen molar-refractivity contribution >= 4 is 76.9 Å². The van der Waals surface area contributed by atoms with E-state index in [1.165, 1.54) is 68.9 Å². The molecule has 0 radical (unpaired) electrons. The van der Waals surface area contributed by atoms with E-state index < -0.39 is 0 Å². The van der Waals surface area contributed by atoms with Crippen molar-refractivity contribution in [1.29, 1.82) is 0 Å². The Balaban J connectivity index is 1.01. The summed E-state index contributed by atoms with van der Waals surface area (Å²) in [5, 5.41) is 16.9. The van der Waals surface area contributed by atoms with Gasteiger partial charge in [0.25, 0.3) is 0 Å². The Morgan fingerprint density at radius 3 is 1.96 bits per heavy atom. The number of furan rings is 1. The summed E-state index contributed by atoms with van der Waals surface area (Å²) in [6.07, 6.45) is 13.5. The van der Waals surface area contributed by atoms with Gasteiger partial charge in [0.05, 0.1) is 18.5 Å². The zero-order chi connectivity index (χ0) is 33.5. The van der Waals surface area contributed by atoms with Crippen LogP contribution in [0.4, 0.5) is 0 Å². The Morgan fingerprint density at radius 1 is 0.529 bits per heavy atom. The molecule has 4 nitrogen and oxygen atoms in total. The number of fused-ring (bicyclic) bond motifs is 9. The molecule has 248 valence electrons. The first-order valence-electron chi connectivity index (χ1n) is 18.0. The maximum atomic E-state index is 6.44. The standard InChI is InChI=1S/C45H35N3OS2/c1-2-10-26(11-3-1)43-46-44(48-45(47-43)34-17-9-16-33-31-13-5-7-19-40(31)51-42(33)34)28-21-23-38-36(25-28)35-24-27(20-22-37(35)49-38)29-14-8-15-32-30-12-4-6-18-39(30)50-41(29)32/h1-3,6-11,14-25,43-48H,4-5,12-13H2. The first kappa shape index (κ1) is 29.9. The smallest absolute Gasteiger partial charge is 0.135 e. The van der Waals surface area contributed by atoms with E-state index in [1.54, 1.807) is 0 Å². The maximum absolute atomic E-state index is 6.44. The van der Waals surface area contributed by atoms with Crippen LogP contribution in [0.25, 0.3) is 65.4 Å². The number of hydrogen-bond donors (Lipinski definition) is 3. The van der Waals surface area contributed by atoms with Crippen molar-refractivity contribution in [3.05, 3.63) is 153 Å². The van der Waals surface area contributed by atoms with Crippen LogP contribution in [0.3, 0.4) is 0 Å². The Labute approximate surface area is 304 Å². The molecular formula is C45H35N3OS2. The highest BCUT2D eigenvalue weighted by atomic mass is 32.1. The van der Waals surface area contributed by atoms with Crippen molar-refractivity contribution in [2.24, 2.45) is 0 Å². The molecule has 11 rings (SSSR count). The van der Waals surface area contributed by atoms with Crippen LogP contribution in [-0.4, -0.2) is 0 Å². The fourth-order valence-corrected chi connectivity index (χ4v) is 11.1. The summed E-state index contributed by atoms with van der Waals surface area (Å²) >= 11 is 3.85. The average molecular weight is 698 g/mol. The average Bonchev–Trinajstić information content (AvgIpc) is 3.89. The normalized spacial score (nSPS) is 20.0. The molecule has 0 bridgehead atoms. The molecule has 1 fully saturated rings. The Kier molecular flexibility index (Phi) is 6.95. The van der Waals surface area contributed by atoms with Crippen LogP contribution in [0, 0.1) is 0 Å². The van der Waals surface area contributed by atoms with Crippen molar-refractivity contribution in [1.82, 2.24) is 16.0 Å². The summed E-state index contributed by atoms with van der Waals surface area (Å²) < 4.78 is 9.19. The lowest BCUT2D eigenvalue weighted by Gasteiger charge is -2.39. The van der Waals surface area contributed by atoms with Gasteiger partial charge in [-0.3, -0.25) is 16.0 Å². The van der Waals surface area contributed by atoms with E-state index >= 15 is 0 Å². The SMILES string of the molecule is C1=Cc2sc3c(-c4ccc5oc6ccc(C7NC(c8ccccc8)NC(c8cccc9c%10c(sc89)C=CCC%10)N7)cc6c5c4)cccc3c2CC1. The van der Waals surface area contributed by atoms with Crippen molar-refractivity contribution in [3.8, 4) is 11.1 Å². The number of aryl methyl sites for hydroxylation is 2. The van der Waals surface area contributed by atoms with Gasteiger partial charge in [-0.1, -0.05) is 91.0 Å². The molecule has 1 aliphatic heterocycles. The van der Waals surface area contributed by atoms with Crippen molar-refractivity contribution in [3.63, 3.8) is 0 Å². The van der Waals surface area contributed by atoms with Crippen LogP contribution < -0.4 is 16.0 Å². The topological polar surface area (TPSA) is 49.2 Å². The molecule has 0 amide bonds. The van der Waals surface area contributed by atoms with Crippen LogP contribution in [0.1, 0.15) is 68.9 Å². The largest absolute Gasteiger partial charge is 0.456 e. The highest BCUT2D eigenvalue weighted by Gasteiger charge is 2.31. The van der Waals surface area contributed by atoms with E-state index in [1.807, 2.05) is 22.7 Å². The number of thiophene rings is 2. The predicted molar refractivity (Wildman–Crippen MR) is 215 cm³/mol. The summed E-state index contributed by atoms with van der Waals surface area (Å²) in [5.41, 5.74) is 11.0. The van der Waals surface area contributed by atoms with Crippen LogP contribution in [0.15, 0.2) is 120 Å². The molecule has 6 heteroatoms. The van der Waals surface area contributed by atoms with Gasteiger partial charge in [-0.2, -0.15) is 0 Å². The van der Waals surface area contributed by atoms with Gasteiger partial charge in [0, 0.05) is 35.5 Å². The highest BCUT2D eigenvalue weighted by molar-refractivity contribution is 7.21. The van der Waals surface area contributed by atoms with Crippen molar-refractivity contribution in [2.45, 2.75) is 44.2 Å². The Bertz CT molecular complexity index is 2710. The lowest BCUT2D eigenvalue weighted by atomic mass is 9.97. The van der Waals surface area contributed by atoms with E-state index in [-0.39, 0.29) is 18.5 Å². The summed E-state index contributed by atoms with van der Waals surface area (Å²) in [6.45, 7) is 0. The van der Waals surface area contributed by atoms with Crippen LogP contribution in [0.2, 0.25) is 0 Å². The third-order valence-corrected chi connectivity index (χ3v) is 13.5. The third-order valence-electron chi connectivity index (χ3n) is 11.0. The Hall–Kier alpha value is -4.82. The van der Waals surface area contributed by atoms with E-state index in [0.29, 0.717) is 0 Å². The second-order valence-electron chi connectivity index (χ2n) is 14.0. The lowest BCUT2D eigenvalue weighted by Crippen LogP contribution is -2.54. The van der Waals surface area contributed by atoms with E-state index in [0.717, 1.165) is 47.6 Å². The molecular weight excluding hydrogens is 663 g/mol. The van der Waals surface area contributed by atoms with Gasteiger partial charge in [-0.15, -0.1) is 22.7 Å². The molecule has 3 unspecified atom stereocenters. The zero-order valence-corrected chi connectivity index (χ0v) is 29.5. The van der Waals surface area contributed by atoms with Gasteiger partial charge in [0.15, 0.2) is 0 Å². The van der Waals surface area contributed by atoms with E-state index in [4.69, 9.17) is 4.42 Å². The fourth-order valence-electron chi connectivity index (χ4n) is 8.47. The molecule has 8 aromatic rings. The van der Waals surface area contributed by atoms with Gasteiger partial charge in [-0.25, -0.2) is 0 Å². The van der Waals surface area contributed by atoms with E-state index in [9.17, 15) is 0 Å². The minimum atomic E-state index is -0.0945. The van der Waals surface area contributed by atoms with Gasteiger partial charge in [-0.05, 0) is 106 Å². The minimum absolute atomic E-state index is 0.0393. The molecule has 51 heavy (non-hydrogen) atoms. The summed E-state index contributed by atoms with van der Waals surface area (Å²) in [5.74, 6) is 0. The maximum Gasteiger partial charge on any atom is 0.135 e. The Morgan fingerprint density at radius 2 is 1.18 bits per heavy atom. The number of benzene rings is 5. The molecule has 3 N–H and O–H groups in total. The molecule has 3 aromatic heterocycles. The minimum Gasteiger partial charge on any atom is -0.456 e. The van der Waals surface area contributed by atoms with Gasteiger partial charge in [0.2, 0.25) is 0 Å². The molecule has 0 saturated carbocycles. The number of rotatable bonds is 4. The summed E-state index contributed by atoms with van der Waals surface area (Å²) in [7, 11) is 0. The quantitative estimate of drug-likeness (QED) is 0.171. The number of nitrogens with one attached hydrogen (secondary N) is 3. The zero-order valence-electron chi connectivity index (χ0n) is 27.9. The van der Waals surface area contributed by atoms with Crippen LogP contribution in [-0.2, 0) is 12.8 Å². The van der Waals surface area contributed by atoms with Gasteiger partial charge in [0.1, 0.15) is 11.2 Å². The summed E-state index contributed by atoms with van der Waals surface area (Å²) in [6, 6.07) is 37.7. The van der Waals surface area contributed by atoms with Gasteiger partial charge < -0.3 is 4.42 Å². The fraction of sp³-hybridized carbons (Fsp3) is 0.156. The molecule has 5 aromatic carbocycles. The second kappa shape index (κ2) is 11.9. The molecule has 2 aliphatic carbocycles. The molecule has 1 saturated heterocycles. The second-order valence-corrected chi connectivity index (χ2v) is 16.1. The van der Waals surface area contributed by atoms with Crippen molar-refractivity contribution in [2.75, 3.05) is 0 Å². The monoisotopic (exact) mass is 697 g/mol.